The standard InChI is InChI=1S/C17H16N2/c1-13(14-8-4-2-5-9-14)16-12-18-19-17(16)15-10-6-3-7-11-15/h2-13H,1H3,(H,18,19). The molecule has 0 fully saturated rings. The number of hydrogen-bond acceptors (Lipinski definition) is 1. The molecule has 3 rings (SSSR count). The summed E-state index contributed by atoms with van der Waals surface area (Å²) >= 11 is 0. The Morgan fingerprint density at radius 1 is 0.895 bits per heavy atom. The van der Waals surface area contributed by atoms with Gasteiger partial charge in [-0.05, 0) is 5.56 Å². The smallest absolute Gasteiger partial charge is 0.0958 e. The summed E-state index contributed by atoms with van der Waals surface area (Å²) in [7, 11) is 0. The van der Waals surface area contributed by atoms with E-state index in [1.165, 1.54) is 11.1 Å². The van der Waals surface area contributed by atoms with E-state index in [0.717, 1.165) is 11.3 Å². The molecule has 0 bridgehead atoms. The molecular formula is C17H16N2. The van der Waals surface area contributed by atoms with Gasteiger partial charge in [0, 0.05) is 23.2 Å². The SMILES string of the molecule is CC(c1ccccc1)c1c[nH]nc1-c1ccccc1. The molecule has 94 valence electrons. The second-order valence-corrected chi connectivity index (χ2v) is 4.69. The van der Waals surface area contributed by atoms with Gasteiger partial charge in [-0.1, -0.05) is 67.6 Å². The maximum Gasteiger partial charge on any atom is 0.0958 e. The molecule has 2 aromatic carbocycles. The lowest BCUT2D eigenvalue weighted by Gasteiger charge is -2.12. The Labute approximate surface area is 113 Å². The number of nitrogens with zero attached hydrogens (tertiary/aromatic N) is 1. The van der Waals surface area contributed by atoms with Crippen LogP contribution in [0.4, 0.5) is 0 Å². The molecule has 2 heteroatoms. The summed E-state index contributed by atoms with van der Waals surface area (Å²) in [5, 5.41) is 7.41. The first-order chi connectivity index (χ1) is 9.36. The monoisotopic (exact) mass is 248 g/mol. The zero-order valence-corrected chi connectivity index (χ0v) is 10.9. The van der Waals surface area contributed by atoms with Crippen molar-refractivity contribution in [2.45, 2.75) is 12.8 Å². The molecule has 0 aliphatic heterocycles. The second kappa shape index (κ2) is 5.11. The molecule has 0 radical (unpaired) electrons. The number of aromatic amines is 1. The first-order valence-corrected chi connectivity index (χ1v) is 6.50. The average Bonchev–Trinajstić information content (AvgIpc) is 2.98. The molecule has 1 unspecified atom stereocenters. The first kappa shape index (κ1) is 11.7. The van der Waals surface area contributed by atoms with E-state index in [2.05, 4.69) is 53.5 Å². The van der Waals surface area contributed by atoms with Crippen molar-refractivity contribution in [3.63, 3.8) is 0 Å². The summed E-state index contributed by atoms with van der Waals surface area (Å²) in [6, 6.07) is 20.8. The van der Waals surface area contributed by atoms with E-state index in [1.807, 2.05) is 30.5 Å². The van der Waals surface area contributed by atoms with E-state index in [0.29, 0.717) is 5.92 Å². The Hall–Kier alpha value is -2.35. The molecule has 3 aromatic rings. The van der Waals surface area contributed by atoms with Gasteiger partial charge in [0.05, 0.1) is 5.69 Å². The minimum atomic E-state index is 0.329. The van der Waals surface area contributed by atoms with Crippen LogP contribution in [0.3, 0.4) is 0 Å². The molecule has 1 atom stereocenters. The van der Waals surface area contributed by atoms with Crippen molar-refractivity contribution in [2.75, 3.05) is 0 Å². The van der Waals surface area contributed by atoms with Crippen LogP contribution in [0.2, 0.25) is 0 Å². The van der Waals surface area contributed by atoms with Crippen molar-refractivity contribution in [2.24, 2.45) is 0 Å². The van der Waals surface area contributed by atoms with Crippen LogP contribution in [-0.2, 0) is 0 Å². The van der Waals surface area contributed by atoms with Gasteiger partial charge in [0.1, 0.15) is 0 Å². The lowest BCUT2D eigenvalue weighted by Crippen LogP contribution is -1.96. The quantitative estimate of drug-likeness (QED) is 0.738. The van der Waals surface area contributed by atoms with E-state index in [4.69, 9.17) is 0 Å². The third-order valence-electron chi connectivity index (χ3n) is 3.48. The predicted molar refractivity (Wildman–Crippen MR) is 78.0 cm³/mol. The predicted octanol–water partition coefficient (Wildman–Crippen LogP) is 4.23. The van der Waals surface area contributed by atoms with Gasteiger partial charge in [0.2, 0.25) is 0 Å². The van der Waals surface area contributed by atoms with Gasteiger partial charge in [-0.15, -0.1) is 0 Å². The number of rotatable bonds is 3. The van der Waals surface area contributed by atoms with Crippen LogP contribution in [0.15, 0.2) is 66.9 Å². The van der Waals surface area contributed by atoms with Crippen molar-refractivity contribution < 1.29 is 0 Å². The molecule has 0 aliphatic rings. The van der Waals surface area contributed by atoms with Crippen molar-refractivity contribution in [3.05, 3.63) is 78.0 Å². The number of nitrogens with one attached hydrogen (secondary N) is 1. The summed E-state index contributed by atoms with van der Waals surface area (Å²) in [6.45, 7) is 2.21. The van der Waals surface area contributed by atoms with Crippen molar-refractivity contribution in [1.82, 2.24) is 10.2 Å². The Kier molecular flexibility index (Phi) is 3.15. The highest BCUT2D eigenvalue weighted by Crippen LogP contribution is 2.31. The number of hydrogen-bond donors (Lipinski definition) is 1. The molecule has 0 saturated heterocycles. The summed E-state index contributed by atoms with van der Waals surface area (Å²) in [6.07, 6.45) is 2.00. The van der Waals surface area contributed by atoms with Gasteiger partial charge >= 0.3 is 0 Å². The molecule has 19 heavy (non-hydrogen) atoms. The fourth-order valence-corrected chi connectivity index (χ4v) is 2.38. The van der Waals surface area contributed by atoms with Gasteiger partial charge in [-0.2, -0.15) is 5.10 Å². The van der Waals surface area contributed by atoms with Crippen LogP contribution >= 0.6 is 0 Å². The molecule has 0 aliphatic carbocycles. The molecule has 1 aromatic heterocycles. The lowest BCUT2D eigenvalue weighted by molar-refractivity contribution is 0.926. The zero-order valence-electron chi connectivity index (χ0n) is 10.9. The van der Waals surface area contributed by atoms with Gasteiger partial charge in [0.15, 0.2) is 0 Å². The Balaban J connectivity index is 2.01. The fourth-order valence-electron chi connectivity index (χ4n) is 2.38. The Morgan fingerprint density at radius 2 is 1.53 bits per heavy atom. The second-order valence-electron chi connectivity index (χ2n) is 4.69. The van der Waals surface area contributed by atoms with E-state index >= 15 is 0 Å². The number of H-pyrrole nitrogens is 1. The van der Waals surface area contributed by atoms with E-state index < -0.39 is 0 Å². The summed E-state index contributed by atoms with van der Waals surface area (Å²) < 4.78 is 0. The van der Waals surface area contributed by atoms with Gasteiger partial charge < -0.3 is 0 Å². The Morgan fingerprint density at radius 3 is 2.21 bits per heavy atom. The molecular weight excluding hydrogens is 232 g/mol. The Bertz CT molecular complexity index is 641. The van der Waals surface area contributed by atoms with Crippen LogP contribution < -0.4 is 0 Å². The molecule has 1 heterocycles. The van der Waals surface area contributed by atoms with Gasteiger partial charge in [-0.3, -0.25) is 5.10 Å². The van der Waals surface area contributed by atoms with Crippen LogP contribution in [0, 0.1) is 0 Å². The maximum absolute atomic E-state index is 4.41. The van der Waals surface area contributed by atoms with Crippen molar-refractivity contribution >= 4 is 0 Å². The van der Waals surface area contributed by atoms with Crippen LogP contribution in [-0.4, -0.2) is 10.2 Å². The van der Waals surface area contributed by atoms with Crippen molar-refractivity contribution in [1.29, 1.82) is 0 Å². The lowest BCUT2D eigenvalue weighted by atomic mass is 9.92. The third-order valence-corrected chi connectivity index (χ3v) is 3.48. The minimum absolute atomic E-state index is 0.329. The molecule has 0 amide bonds. The van der Waals surface area contributed by atoms with E-state index in [9.17, 15) is 0 Å². The highest BCUT2D eigenvalue weighted by Gasteiger charge is 2.15. The first-order valence-electron chi connectivity index (χ1n) is 6.50. The summed E-state index contributed by atoms with van der Waals surface area (Å²) in [5.41, 5.74) is 4.73. The highest BCUT2D eigenvalue weighted by molar-refractivity contribution is 5.64. The average molecular weight is 248 g/mol. The summed E-state index contributed by atoms with van der Waals surface area (Å²) in [5.74, 6) is 0.329. The maximum atomic E-state index is 4.41. The molecule has 2 nitrogen and oxygen atoms in total. The van der Waals surface area contributed by atoms with Crippen LogP contribution in [0.1, 0.15) is 24.0 Å². The van der Waals surface area contributed by atoms with Crippen molar-refractivity contribution in [3.8, 4) is 11.3 Å². The normalized spacial score (nSPS) is 12.3. The molecule has 0 saturated carbocycles. The van der Waals surface area contributed by atoms with Crippen LogP contribution in [0.5, 0.6) is 0 Å². The van der Waals surface area contributed by atoms with Crippen LogP contribution in [0.25, 0.3) is 11.3 Å². The minimum Gasteiger partial charge on any atom is -0.285 e. The van der Waals surface area contributed by atoms with Gasteiger partial charge in [0.25, 0.3) is 0 Å². The zero-order chi connectivity index (χ0) is 13.1. The van der Waals surface area contributed by atoms with Gasteiger partial charge in [-0.25, -0.2) is 0 Å². The van der Waals surface area contributed by atoms with E-state index in [-0.39, 0.29) is 0 Å². The molecule has 0 spiro atoms. The number of benzene rings is 2. The highest BCUT2D eigenvalue weighted by atomic mass is 15.1. The topological polar surface area (TPSA) is 28.7 Å². The summed E-state index contributed by atoms with van der Waals surface area (Å²) in [4.78, 5) is 0. The molecule has 1 N–H and O–H groups in total. The number of aromatic nitrogens is 2. The third kappa shape index (κ3) is 2.29. The van der Waals surface area contributed by atoms with E-state index in [1.54, 1.807) is 0 Å². The fraction of sp³-hybridized carbons (Fsp3) is 0.118. The largest absolute Gasteiger partial charge is 0.285 e.